The molecule has 174 valence electrons. The maximum absolute atomic E-state index is 13.8. The summed E-state index contributed by atoms with van der Waals surface area (Å²) in [7, 11) is 0. The molecule has 33 heavy (non-hydrogen) atoms. The number of fused-ring (bicyclic) bond motifs is 5. The summed E-state index contributed by atoms with van der Waals surface area (Å²) in [4.78, 5) is 16.3. The van der Waals surface area contributed by atoms with E-state index in [1.54, 1.807) is 0 Å². The van der Waals surface area contributed by atoms with E-state index in [1.807, 2.05) is 0 Å². The van der Waals surface area contributed by atoms with E-state index >= 15 is 0 Å². The molecule has 0 aliphatic heterocycles. The van der Waals surface area contributed by atoms with Crippen molar-refractivity contribution in [1.82, 2.24) is 4.98 Å². The van der Waals surface area contributed by atoms with Gasteiger partial charge in [0.05, 0.1) is 5.71 Å². The number of hydrogen-bond acceptors (Lipinski definition) is 4. The van der Waals surface area contributed by atoms with Crippen molar-refractivity contribution in [2.75, 3.05) is 5.32 Å². The zero-order valence-electron chi connectivity index (χ0n) is 19.1. The fourth-order valence-corrected chi connectivity index (χ4v) is 7.22. The van der Waals surface area contributed by atoms with Crippen LogP contribution in [0.15, 0.2) is 47.8 Å². The van der Waals surface area contributed by atoms with E-state index in [1.165, 1.54) is 35.9 Å². The largest absolute Gasteiger partial charge is 0.411 e. The molecule has 5 rings (SSSR count). The third-order valence-electron chi connectivity index (χ3n) is 8.63. The van der Waals surface area contributed by atoms with Gasteiger partial charge in [0.15, 0.2) is 11.6 Å². The summed E-state index contributed by atoms with van der Waals surface area (Å²) in [6.45, 7) is 2.29. The summed E-state index contributed by atoms with van der Waals surface area (Å²) in [6.07, 6.45) is 8.71. The van der Waals surface area contributed by atoms with E-state index in [2.05, 4.69) is 46.6 Å². The minimum absolute atomic E-state index is 0.0124. The molecule has 0 saturated heterocycles. The fourth-order valence-electron chi connectivity index (χ4n) is 7.22. The van der Waals surface area contributed by atoms with Gasteiger partial charge in [0, 0.05) is 18.0 Å². The van der Waals surface area contributed by atoms with Crippen LogP contribution in [-0.2, 0) is 11.2 Å². The van der Waals surface area contributed by atoms with Gasteiger partial charge in [-0.3, -0.25) is 4.79 Å². The Morgan fingerprint density at radius 3 is 2.94 bits per heavy atom. The third-order valence-corrected chi connectivity index (χ3v) is 8.63. The summed E-state index contributed by atoms with van der Waals surface area (Å²) in [5, 5.41) is 16.2. The second-order valence-electron chi connectivity index (χ2n) is 10.3. The van der Waals surface area contributed by atoms with Crippen LogP contribution in [0.4, 0.5) is 10.2 Å². The molecule has 0 bridgehead atoms. The van der Waals surface area contributed by atoms with Gasteiger partial charge >= 0.3 is 0 Å². The number of hydrogen-bond donors (Lipinski definition) is 2. The predicted molar refractivity (Wildman–Crippen MR) is 126 cm³/mol. The first-order valence-electron chi connectivity index (χ1n) is 12.2. The zero-order chi connectivity index (χ0) is 23.0. The van der Waals surface area contributed by atoms with Crippen LogP contribution in [0, 0.1) is 29.0 Å². The molecule has 3 aliphatic rings. The van der Waals surface area contributed by atoms with Crippen LogP contribution in [0.1, 0.15) is 68.9 Å². The lowest BCUT2D eigenvalue weighted by Crippen LogP contribution is -2.44. The highest BCUT2D eigenvalue weighted by Gasteiger charge is 2.57. The summed E-state index contributed by atoms with van der Waals surface area (Å²) in [6, 6.07) is 11.7. The Hall–Kier alpha value is -2.76. The Morgan fingerprint density at radius 1 is 1.27 bits per heavy atom. The van der Waals surface area contributed by atoms with Gasteiger partial charge in [-0.15, -0.1) is 0 Å². The summed E-state index contributed by atoms with van der Waals surface area (Å²) < 4.78 is 13.8. The minimum atomic E-state index is -0.521. The number of carbonyl (C=O) groups excluding carboxylic acids is 1. The first-order valence-corrected chi connectivity index (χ1v) is 12.2. The molecule has 1 aromatic heterocycles. The smallest absolute Gasteiger partial charge is 0.225 e. The lowest BCUT2D eigenvalue weighted by atomic mass is 9.54. The number of nitrogens with one attached hydrogen (secondary N) is 1. The molecule has 2 fully saturated rings. The molecule has 6 heteroatoms. The number of nitrogens with zero attached hydrogens (tertiary/aromatic N) is 2. The highest BCUT2D eigenvalue weighted by Crippen LogP contribution is 2.62. The molecular formula is C27H32FN3O2. The standard InChI is InChI=1S/C27H32FN3O2/c1-27-14-13-20-19-8-3-2-6-17(19)11-12-21(20)25(27)18(16-23(27)31-33)7-4-10-24(32)30-26-22(28)9-5-15-29-26/h2-3,5-6,8-9,15,18,20-21,25,33H,4,7,10-14,16H2,1H3,(H,29,30,32)/b31-23+/t18-,20?,21?,25?,27-/m1/s1. The quantitative estimate of drug-likeness (QED) is 0.438. The number of rotatable bonds is 5. The molecular weight excluding hydrogens is 417 g/mol. The van der Waals surface area contributed by atoms with Crippen LogP contribution in [-0.4, -0.2) is 21.8 Å². The maximum Gasteiger partial charge on any atom is 0.225 e. The lowest BCUT2D eigenvalue weighted by Gasteiger charge is -2.50. The highest BCUT2D eigenvalue weighted by molar-refractivity contribution is 5.92. The van der Waals surface area contributed by atoms with Gasteiger partial charge in [-0.2, -0.15) is 0 Å². The van der Waals surface area contributed by atoms with E-state index in [4.69, 9.17) is 0 Å². The molecule has 1 heterocycles. The van der Waals surface area contributed by atoms with Crippen LogP contribution in [0.5, 0.6) is 0 Å². The molecule has 3 unspecified atom stereocenters. The number of halogens is 1. The zero-order valence-corrected chi connectivity index (χ0v) is 19.1. The van der Waals surface area contributed by atoms with Crippen LogP contribution >= 0.6 is 0 Å². The Morgan fingerprint density at radius 2 is 2.12 bits per heavy atom. The molecule has 5 atom stereocenters. The first kappa shape index (κ1) is 22.1. The van der Waals surface area contributed by atoms with Crippen LogP contribution in [0.25, 0.3) is 0 Å². The maximum atomic E-state index is 13.8. The van der Waals surface area contributed by atoms with Crippen LogP contribution in [0.3, 0.4) is 0 Å². The predicted octanol–water partition coefficient (Wildman–Crippen LogP) is 5.94. The van der Waals surface area contributed by atoms with Crippen molar-refractivity contribution in [3.63, 3.8) is 0 Å². The van der Waals surface area contributed by atoms with E-state index in [0.717, 1.165) is 44.2 Å². The van der Waals surface area contributed by atoms with Crippen molar-refractivity contribution in [2.24, 2.45) is 28.3 Å². The molecule has 3 aliphatic carbocycles. The number of aryl methyl sites for hydroxylation is 1. The normalized spacial score (nSPS) is 31.5. The summed E-state index contributed by atoms with van der Waals surface area (Å²) in [5.74, 6) is 1.28. The molecule has 2 aromatic rings. The Balaban J connectivity index is 1.29. The number of carbonyl (C=O) groups is 1. The lowest BCUT2D eigenvalue weighted by molar-refractivity contribution is -0.116. The summed E-state index contributed by atoms with van der Waals surface area (Å²) >= 11 is 0. The number of oxime groups is 1. The number of amides is 1. The van der Waals surface area contributed by atoms with Gasteiger partial charge in [-0.05, 0) is 91.9 Å². The van der Waals surface area contributed by atoms with E-state index in [9.17, 15) is 14.4 Å². The number of benzene rings is 1. The molecule has 5 nitrogen and oxygen atoms in total. The van der Waals surface area contributed by atoms with E-state index in [-0.39, 0.29) is 17.1 Å². The van der Waals surface area contributed by atoms with Crippen molar-refractivity contribution in [3.05, 3.63) is 59.5 Å². The van der Waals surface area contributed by atoms with Gasteiger partial charge in [0.25, 0.3) is 0 Å². The van der Waals surface area contributed by atoms with E-state index < -0.39 is 5.82 Å². The van der Waals surface area contributed by atoms with Crippen molar-refractivity contribution in [1.29, 1.82) is 0 Å². The number of pyridine rings is 1. The average Bonchev–Trinajstić information content (AvgIpc) is 3.12. The molecule has 2 saturated carbocycles. The van der Waals surface area contributed by atoms with Crippen molar-refractivity contribution < 1.29 is 14.4 Å². The molecule has 2 N–H and O–H groups in total. The Labute approximate surface area is 194 Å². The van der Waals surface area contributed by atoms with Crippen LogP contribution in [0.2, 0.25) is 0 Å². The van der Waals surface area contributed by atoms with Gasteiger partial charge in [0.2, 0.25) is 5.91 Å². The van der Waals surface area contributed by atoms with Gasteiger partial charge in [-0.1, -0.05) is 36.3 Å². The van der Waals surface area contributed by atoms with Crippen molar-refractivity contribution in [2.45, 2.75) is 64.2 Å². The van der Waals surface area contributed by atoms with Gasteiger partial charge in [0.1, 0.15) is 0 Å². The molecule has 0 spiro atoms. The van der Waals surface area contributed by atoms with Gasteiger partial charge in [-0.25, -0.2) is 9.37 Å². The third kappa shape index (κ3) is 3.94. The van der Waals surface area contributed by atoms with Crippen molar-refractivity contribution >= 4 is 17.4 Å². The number of anilines is 1. The van der Waals surface area contributed by atoms with Crippen LogP contribution < -0.4 is 5.32 Å². The fraction of sp³-hybridized carbons (Fsp3) is 0.519. The Bertz CT molecular complexity index is 1070. The molecule has 0 radical (unpaired) electrons. The second-order valence-corrected chi connectivity index (χ2v) is 10.3. The van der Waals surface area contributed by atoms with Crippen molar-refractivity contribution in [3.8, 4) is 0 Å². The van der Waals surface area contributed by atoms with E-state index in [0.29, 0.717) is 30.1 Å². The van der Waals surface area contributed by atoms with Gasteiger partial charge < -0.3 is 10.5 Å². The monoisotopic (exact) mass is 449 g/mol. The highest BCUT2D eigenvalue weighted by atomic mass is 19.1. The molecule has 1 amide bonds. The topological polar surface area (TPSA) is 74.6 Å². The second kappa shape index (κ2) is 8.88. The average molecular weight is 450 g/mol. The Kier molecular flexibility index (Phi) is 5.94. The minimum Gasteiger partial charge on any atom is -0.411 e. The SMILES string of the molecule is C[C@]12CCC3c4ccccc4CCC3C1[C@H](CCCC(=O)Nc1ncccc1F)C/C2=N\O. The summed E-state index contributed by atoms with van der Waals surface area (Å²) in [5.41, 5.74) is 3.88. The number of aromatic nitrogens is 1. The first-order chi connectivity index (χ1) is 16.0. The molecule has 1 aromatic carbocycles.